The molecule has 0 radical (unpaired) electrons. The molecule has 0 saturated heterocycles. The summed E-state index contributed by atoms with van der Waals surface area (Å²) in [5.41, 5.74) is 2.63. The molecule has 1 fully saturated rings. The largest absolute Gasteiger partial charge is 0.303 e. The maximum Gasteiger partial charge on any atom is 0.124 e. The molecule has 1 saturated carbocycles. The molecule has 0 amide bonds. The van der Waals surface area contributed by atoms with Crippen LogP contribution >= 0.6 is 0 Å². The summed E-state index contributed by atoms with van der Waals surface area (Å²) in [4.78, 5) is 14.0. The first-order chi connectivity index (χ1) is 11.3. The van der Waals surface area contributed by atoms with Crippen molar-refractivity contribution in [2.24, 2.45) is 5.92 Å². The van der Waals surface area contributed by atoms with E-state index in [2.05, 4.69) is 72.5 Å². The number of carbonyl (C=O) groups excluding carboxylic acids is 1. The second kappa shape index (κ2) is 7.56. The van der Waals surface area contributed by atoms with Gasteiger partial charge in [0.1, 0.15) is 6.29 Å². The third kappa shape index (κ3) is 3.70. The zero-order valence-electron chi connectivity index (χ0n) is 13.8. The molecule has 1 aliphatic rings. The molecule has 0 aliphatic heterocycles. The lowest BCUT2D eigenvalue weighted by molar-refractivity contribution is -0.112. The van der Waals surface area contributed by atoms with Crippen LogP contribution in [0.2, 0.25) is 0 Å². The Balaban J connectivity index is 1.88. The van der Waals surface area contributed by atoms with Crippen molar-refractivity contribution in [3.8, 4) is 0 Å². The summed E-state index contributed by atoms with van der Waals surface area (Å²) in [6, 6.07) is 21.9. The standard InChI is InChI=1S/C21H25NO/c1-17(19-11-6-3-7-12-19)22(15-18-9-4-2-5-10-18)21-14-8-13-20(21)16-23/h2-7,9-12,16-17,20-21H,8,13-15H2,1H3/t17-,20-,21-/m1/s1. The Hall–Kier alpha value is -1.93. The lowest BCUT2D eigenvalue weighted by Gasteiger charge is -2.36. The predicted octanol–water partition coefficient (Wildman–Crippen LogP) is 4.62. The summed E-state index contributed by atoms with van der Waals surface area (Å²) >= 11 is 0. The van der Waals surface area contributed by atoms with E-state index in [9.17, 15) is 4.79 Å². The Morgan fingerprint density at radius 3 is 2.35 bits per heavy atom. The molecule has 0 heterocycles. The molecule has 0 spiro atoms. The van der Waals surface area contributed by atoms with E-state index in [1.165, 1.54) is 17.4 Å². The number of benzene rings is 2. The number of nitrogens with zero attached hydrogens (tertiary/aromatic N) is 1. The number of carbonyl (C=O) groups is 1. The Bertz CT molecular complexity index is 610. The van der Waals surface area contributed by atoms with Gasteiger partial charge >= 0.3 is 0 Å². The highest BCUT2D eigenvalue weighted by molar-refractivity contribution is 5.55. The van der Waals surface area contributed by atoms with E-state index < -0.39 is 0 Å². The lowest BCUT2D eigenvalue weighted by Crippen LogP contribution is -2.39. The molecule has 2 nitrogen and oxygen atoms in total. The first-order valence-corrected chi connectivity index (χ1v) is 8.59. The van der Waals surface area contributed by atoms with Crippen LogP contribution in [0.5, 0.6) is 0 Å². The van der Waals surface area contributed by atoms with Crippen LogP contribution in [0.15, 0.2) is 60.7 Å². The summed E-state index contributed by atoms with van der Waals surface area (Å²) in [5, 5.41) is 0. The van der Waals surface area contributed by atoms with E-state index in [1.807, 2.05) is 0 Å². The average Bonchev–Trinajstić information content (AvgIpc) is 3.09. The van der Waals surface area contributed by atoms with Gasteiger partial charge in [-0.1, -0.05) is 67.1 Å². The van der Waals surface area contributed by atoms with Gasteiger partial charge in [0, 0.05) is 24.5 Å². The van der Waals surface area contributed by atoms with Gasteiger partial charge in [-0.2, -0.15) is 0 Å². The van der Waals surface area contributed by atoms with Crippen LogP contribution in [-0.4, -0.2) is 17.2 Å². The smallest absolute Gasteiger partial charge is 0.124 e. The van der Waals surface area contributed by atoms with E-state index in [4.69, 9.17) is 0 Å². The monoisotopic (exact) mass is 307 g/mol. The van der Waals surface area contributed by atoms with Gasteiger partial charge in [0.05, 0.1) is 0 Å². The first-order valence-electron chi connectivity index (χ1n) is 8.59. The lowest BCUT2D eigenvalue weighted by atomic mass is 9.98. The summed E-state index contributed by atoms with van der Waals surface area (Å²) in [5.74, 6) is 0.171. The van der Waals surface area contributed by atoms with Crippen LogP contribution in [-0.2, 0) is 11.3 Å². The van der Waals surface area contributed by atoms with Crippen molar-refractivity contribution >= 4 is 6.29 Å². The Kier molecular flexibility index (Phi) is 5.24. The minimum Gasteiger partial charge on any atom is -0.303 e. The third-order valence-corrected chi connectivity index (χ3v) is 5.12. The minimum absolute atomic E-state index is 0.171. The molecule has 120 valence electrons. The number of aldehydes is 1. The first kappa shape index (κ1) is 15.9. The number of hydrogen-bond acceptors (Lipinski definition) is 2. The Morgan fingerprint density at radius 2 is 1.70 bits per heavy atom. The van der Waals surface area contributed by atoms with Crippen molar-refractivity contribution in [2.75, 3.05) is 0 Å². The quantitative estimate of drug-likeness (QED) is 0.726. The fourth-order valence-electron chi connectivity index (χ4n) is 3.80. The molecule has 2 aromatic rings. The van der Waals surface area contributed by atoms with E-state index in [-0.39, 0.29) is 5.92 Å². The second-order valence-corrected chi connectivity index (χ2v) is 6.54. The normalized spacial score (nSPS) is 22.2. The van der Waals surface area contributed by atoms with Crippen LogP contribution in [0, 0.1) is 5.92 Å². The van der Waals surface area contributed by atoms with Gasteiger partial charge in [-0.15, -0.1) is 0 Å². The Morgan fingerprint density at radius 1 is 1.04 bits per heavy atom. The van der Waals surface area contributed by atoms with Gasteiger partial charge in [-0.3, -0.25) is 4.90 Å². The van der Waals surface area contributed by atoms with Crippen LogP contribution in [0.4, 0.5) is 0 Å². The molecular weight excluding hydrogens is 282 g/mol. The Labute approximate surface area is 139 Å². The van der Waals surface area contributed by atoms with E-state index in [0.29, 0.717) is 12.1 Å². The van der Waals surface area contributed by atoms with Crippen LogP contribution in [0.25, 0.3) is 0 Å². The van der Waals surface area contributed by atoms with E-state index in [0.717, 1.165) is 25.8 Å². The van der Waals surface area contributed by atoms with Gasteiger partial charge in [0.2, 0.25) is 0 Å². The van der Waals surface area contributed by atoms with Gasteiger partial charge in [-0.05, 0) is 30.9 Å². The fourth-order valence-corrected chi connectivity index (χ4v) is 3.80. The predicted molar refractivity (Wildman–Crippen MR) is 94.0 cm³/mol. The zero-order chi connectivity index (χ0) is 16.1. The highest BCUT2D eigenvalue weighted by Crippen LogP contribution is 2.35. The summed E-state index contributed by atoms with van der Waals surface area (Å²) < 4.78 is 0. The molecule has 0 bridgehead atoms. The second-order valence-electron chi connectivity index (χ2n) is 6.54. The van der Waals surface area contributed by atoms with Crippen molar-refractivity contribution in [1.29, 1.82) is 0 Å². The van der Waals surface area contributed by atoms with Crippen LogP contribution < -0.4 is 0 Å². The maximum absolute atomic E-state index is 11.5. The molecule has 3 rings (SSSR count). The molecule has 2 heteroatoms. The number of rotatable bonds is 6. The summed E-state index contributed by atoms with van der Waals surface area (Å²) in [7, 11) is 0. The highest BCUT2D eigenvalue weighted by Gasteiger charge is 2.34. The van der Waals surface area contributed by atoms with Crippen molar-refractivity contribution < 1.29 is 4.79 Å². The zero-order valence-corrected chi connectivity index (χ0v) is 13.8. The van der Waals surface area contributed by atoms with Gasteiger partial charge < -0.3 is 4.79 Å². The highest BCUT2D eigenvalue weighted by atomic mass is 16.1. The molecule has 3 atom stereocenters. The molecule has 23 heavy (non-hydrogen) atoms. The van der Waals surface area contributed by atoms with Crippen molar-refractivity contribution in [3.05, 3.63) is 71.8 Å². The van der Waals surface area contributed by atoms with Crippen molar-refractivity contribution in [1.82, 2.24) is 4.90 Å². The maximum atomic E-state index is 11.5. The van der Waals surface area contributed by atoms with Crippen molar-refractivity contribution in [3.63, 3.8) is 0 Å². The van der Waals surface area contributed by atoms with Crippen LogP contribution in [0.3, 0.4) is 0 Å². The van der Waals surface area contributed by atoms with Gasteiger partial charge in [0.15, 0.2) is 0 Å². The molecular formula is C21H25NO. The van der Waals surface area contributed by atoms with E-state index >= 15 is 0 Å². The van der Waals surface area contributed by atoms with Gasteiger partial charge in [0.25, 0.3) is 0 Å². The van der Waals surface area contributed by atoms with Gasteiger partial charge in [-0.25, -0.2) is 0 Å². The SMILES string of the molecule is C[C@H](c1ccccc1)N(Cc1ccccc1)[C@@H]1CCC[C@@H]1C=O. The third-order valence-electron chi connectivity index (χ3n) is 5.12. The van der Waals surface area contributed by atoms with Crippen molar-refractivity contribution in [2.45, 2.75) is 44.8 Å². The fraction of sp³-hybridized carbons (Fsp3) is 0.381. The number of hydrogen-bond donors (Lipinski definition) is 0. The molecule has 0 aromatic heterocycles. The molecule has 2 aromatic carbocycles. The minimum atomic E-state index is 0.171. The van der Waals surface area contributed by atoms with Crippen LogP contribution in [0.1, 0.15) is 43.4 Å². The molecule has 0 unspecified atom stereocenters. The summed E-state index contributed by atoms with van der Waals surface area (Å²) in [6.45, 7) is 3.16. The topological polar surface area (TPSA) is 20.3 Å². The molecule has 0 N–H and O–H groups in total. The molecule has 1 aliphatic carbocycles. The average molecular weight is 307 g/mol. The van der Waals surface area contributed by atoms with E-state index in [1.54, 1.807) is 0 Å². The summed E-state index contributed by atoms with van der Waals surface area (Å²) in [6.07, 6.45) is 4.47.